The van der Waals surface area contributed by atoms with Crippen molar-refractivity contribution >= 4 is 17.5 Å². The molecule has 0 aliphatic carbocycles. The maximum atomic E-state index is 13.2. The quantitative estimate of drug-likeness (QED) is 0.583. The number of halogens is 1. The van der Waals surface area contributed by atoms with E-state index in [9.17, 15) is 9.18 Å². The fourth-order valence-corrected chi connectivity index (χ4v) is 3.51. The molecule has 0 fully saturated rings. The van der Waals surface area contributed by atoms with Crippen molar-refractivity contribution in [2.45, 2.75) is 25.8 Å². The van der Waals surface area contributed by atoms with Crippen molar-refractivity contribution in [3.05, 3.63) is 83.1 Å². The summed E-state index contributed by atoms with van der Waals surface area (Å²) in [4.78, 5) is 17.8. The number of aromatic nitrogens is 3. The van der Waals surface area contributed by atoms with Crippen molar-refractivity contribution in [1.29, 1.82) is 0 Å². The number of amides is 1. The molecule has 1 amide bonds. The lowest BCUT2D eigenvalue weighted by atomic mass is 9.95. The van der Waals surface area contributed by atoms with Crippen molar-refractivity contribution in [1.82, 2.24) is 14.8 Å². The van der Waals surface area contributed by atoms with Crippen LogP contribution in [0, 0.1) is 5.82 Å². The monoisotopic (exact) mass is 407 g/mol. The molecule has 1 atom stereocenters. The van der Waals surface area contributed by atoms with Crippen LogP contribution in [0.1, 0.15) is 30.8 Å². The number of rotatable bonds is 6. The third-order valence-electron chi connectivity index (χ3n) is 4.92. The van der Waals surface area contributed by atoms with Crippen LogP contribution in [0.15, 0.2) is 65.9 Å². The number of hydrogen-bond acceptors (Lipinski definition) is 5. The number of anilines is 2. The summed E-state index contributed by atoms with van der Waals surface area (Å²) in [6, 6.07) is 14.8. The molecule has 3 aromatic rings. The molecule has 0 radical (unpaired) electrons. The van der Waals surface area contributed by atoms with E-state index in [-0.39, 0.29) is 18.3 Å². The van der Waals surface area contributed by atoms with Crippen LogP contribution in [0.2, 0.25) is 0 Å². The molecule has 2 heterocycles. The van der Waals surface area contributed by atoms with Crippen LogP contribution in [0.3, 0.4) is 0 Å². The van der Waals surface area contributed by atoms with Gasteiger partial charge in [-0.3, -0.25) is 4.79 Å². The molecule has 0 saturated heterocycles. The van der Waals surface area contributed by atoms with Gasteiger partial charge in [0, 0.05) is 24.4 Å². The third kappa shape index (κ3) is 3.95. The molecule has 0 bridgehead atoms. The van der Waals surface area contributed by atoms with Crippen molar-refractivity contribution in [2.24, 2.45) is 0 Å². The van der Waals surface area contributed by atoms with Crippen LogP contribution in [-0.2, 0) is 11.2 Å². The van der Waals surface area contributed by atoms with Crippen LogP contribution >= 0.6 is 0 Å². The van der Waals surface area contributed by atoms with Gasteiger partial charge in [0.2, 0.25) is 5.95 Å². The Labute approximate surface area is 173 Å². The van der Waals surface area contributed by atoms with E-state index in [1.807, 2.05) is 37.3 Å². The molecule has 8 heteroatoms. The van der Waals surface area contributed by atoms with Gasteiger partial charge >= 0.3 is 0 Å². The predicted molar refractivity (Wildman–Crippen MR) is 111 cm³/mol. The minimum atomic E-state index is -0.474. The molecular formula is C22H22FN5O2. The topological polar surface area (TPSA) is 92.1 Å². The van der Waals surface area contributed by atoms with Crippen molar-refractivity contribution < 1.29 is 14.3 Å². The van der Waals surface area contributed by atoms with Crippen molar-refractivity contribution in [2.75, 3.05) is 17.2 Å². The maximum absolute atomic E-state index is 13.2. The second-order valence-electron chi connectivity index (χ2n) is 7.06. The predicted octanol–water partition coefficient (Wildman–Crippen LogP) is 3.27. The summed E-state index contributed by atoms with van der Waals surface area (Å²) in [5.41, 5.74) is 2.55. The lowest BCUT2D eigenvalue weighted by Crippen LogP contribution is -2.31. The molecule has 3 N–H and O–H groups in total. The zero-order valence-corrected chi connectivity index (χ0v) is 16.5. The van der Waals surface area contributed by atoms with Gasteiger partial charge in [-0.1, -0.05) is 30.3 Å². The zero-order chi connectivity index (χ0) is 21.1. The van der Waals surface area contributed by atoms with Gasteiger partial charge in [-0.2, -0.15) is 10.1 Å². The van der Waals surface area contributed by atoms with Gasteiger partial charge in [0.25, 0.3) is 5.91 Å². The molecule has 1 aromatic heterocycles. The normalized spacial score (nSPS) is 15.5. The minimum Gasteiger partial charge on any atom is -0.396 e. The summed E-state index contributed by atoms with van der Waals surface area (Å²) in [5, 5.41) is 19.7. The Balaban J connectivity index is 1.73. The Morgan fingerprint density at radius 3 is 2.63 bits per heavy atom. The zero-order valence-electron chi connectivity index (χ0n) is 16.5. The van der Waals surface area contributed by atoms with Crippen LogP contribution in [0.25, 0.3) is 0 Å². The number of carbonyl (C=O) groups excluding carboxylic acids is 1. The number of hydrogen-bond donors (Lipinski definition) is 3. The molecular weight excluding hydrogens is 385 g/mol. The second-order valence-corrected chi connectivity index (χ2v) is 7.06. The fraction of sp³-hybridized carbons (Fsp3) is 0.227. The number of allylic oxidation sites excluding steroid dienone is 1. The first-order chi connectivity index (χ1) is 14.6. The summed E-state index contributed by atoms with van der Waals surface area (Å²) < 4.78 is 14.9. The van der Waals surface area contributed by atoms with Gasteiger partial charge in [-0.25, -0.2) is 9.07 Å². The Kier molecular flexibility index (Phi) is 5.58. The summed E-state index contributed by atoms with van der Waals surface area (Å²) in [7, 11) is 0. The van der Waals surface area contributed by atoms with Crippen LogP contribution in [-0.4, -0.2) is 32.4 Å². The third-order valence-corrected chi connectivity index (χ3v) is 4.92. The fourth-order valence-electron chi connectivity index (χ4n) is 3.51. The molecule has 1 aliphatic rings. The smallest absolute Gasteiger partial charge is 0.255 e. The Morgan fingerprint density at radius 1 is 1.20 bits per heavy atom. The van der Waals surface area contributed by atoms with Crippen LogP contribution < -0.4 is 10.6 Å². The Bertz CT molecular complexity index is 1080. The van der Waals surface area contributed by atoms with Gasteiger partial charge in [-0.05, 0) is 43.2 Å². The highest BCUT2D eigenvalue weighted by molar-refractivity contribution is 6.06. The van der Waals surface area contributed by atoms with E-state index in [2.05, 4.69) is 20.7 Å². The van der Waals surface area contributed by atoms with Gasteiger partial charge in [-0.15, -0.1) is 0 Å². The highest BCUT2D eigenvalue weighted by Crippen LogP contribution is 2.35. The average molecular weight is 407 g/mol. The molecule has 154 valence electrons. The number of aliphatic hydroxyl groups excluding tert-OH is 1. The molecule has 0 spiro atoms. The van der Waals surface area contributed by atoms with E-state index < -0.39 is 6.04 Å². The first-order valence-corrected chi connectivity index (χ1v) is 9.72. The Hall–Kier alpha value is -3.52. The molecule has 0 saturated carbocycles. The molecule has 30 heavy (non-hydrogen) atoms. The largest absolute Gasteiger partial charge is 0.396 e. The highest BCUT2D eigenvalue weighted by atomic mass is 19.1. The second kappa shape index (κ2) is 8.46. The average Bonchev–Trinajstić information content (AvgIpc) is 3.15. The standard InChI is InChI=1S/C22H22FN5O2/c1-14-19(21(30)25-17-11-9-16(23)10-12-17)20(15-6-3-2-4-7-15)28-22(24-14)26-18(27-28)8-5-13-29/h2-4,6-7,9-12,20,29H,5,8,13H2,1H3,(H,25,30)(H,24,26,27). The molecule has 2 aromatic carbocycles. The van der Waals surface area contributed by atoms with Gasteiger partial charge < -0.3 is 15.7 Å². The first kappa shape index (κ1) is 19.8. The number of fused-ring (bicyclic) bond motifs is 1. The lowest BCUT2D eigenvalue weighted by molar-refractivity contribution is -0.113. The highest BCUT2D eigenvalue weighted by Gasteiger charge is 2.34. The lowest BCUT2D eigenvalue weighted by Gasteiger charge is -2.28. The molecule has 1 aliphatic heterocycles. The van der Waals surface area contributed by atoms with E-state index in [0.717, 1.165) is 5.56 Å². The van der Waals surface area contributed by atoms with Gasteiger partial charge in [0.15, 0.2) is 5.82 Å². The summed E-state index contributed by atoms with van der Waals surface area (Å²) >= 11 is 0. The van der Waals surface area contributed by atoms with E-state index in [1.54, 1.807) is 4.68 Å². The van der Waals surface area contributed by atoms with Crippen molar-refractivity contribution in [3.8, 4) is 0 Å². The molecule has 1 unspecified atom stereocenters. The number of aliphatic hydroxyl groups is 1. The van der Waals surface area contributed by atoms with Gasteiger partial charge in [0.1, 0.15) is 11.9 Å². The van der Waals surface area contributed by atoms with E-state index in [4.69, 9.17) is 5.11 Å². The van der Waals surface area contributed by atoms with Crippen molar-refractivity contribution in [3.63, 3.8) is 0 Å². The van der Waals surface area contributed by atoms with E-state index >= 15 is 0 Å². The summed E-state index contributed by atoms with van der Waals surface area (Å²) in [5.74, 6) is 0.471. The number of nitrogens with one attached hydrogen (secondary N) is 2. The number of nitrogens with zero attached hydrogens (tertiary/aromatic N) is 3. The Morgan fingerprint density at radius 2 is 1.93 bits per heavy atom. The first-order valence-electron chi connectivity index (χ1n) is 9.72. The van der Waals surface area contributed by atoms with E-state index in [1.165, 1.54) is 24.3 Å². The maximum Gasteiger partial charge on any atom is 0.255 e. The number of carbonyl (C=O) groups is 1. The van der Waals surface area contributed by atoms with Gasteiger partial charge in [0.05, 0.1) is 5.57 Å². The van der Waals surface area contributed by atoms with Crippen LogP contribution in [0.4, 0.5) is 16.0 Å². The summed E-state index contributed by atoms with van der Waals surface area (Å²) in [6.45, 7) is 1.88. The van der Waals surface area contributed by atoms with E-state index in [0.29, 0.717) is 41.6 Å². The SMILES string of the molecule is CC1=C(C(=O)Nc2ccc(F)cc2)C(c2ccccc2)n2nc(CCCO)nc2N1. The number of aryl methyl sites for hydroxylation is 1. The molecule has 4 rings (SSSR count). The van der Waals surface area contributed by atoms with Crippen LogP contribution in [0.5, 0.6) is 0 Å². The minimum absolute atomic E-state index is 0.0576. The molecule has 7 nitrogen and oxygen atoms in total. The summed E-state index contributed by atoms with van der Waals surface area (Å²) in [6.07, 6.45) is 1.10. The number of benzene rings is 2.